The summed E-state index contributed by atoms with van der Waals surface area (Å²) in [5, 5.41) is 24.1. The molecule has 3 nitrogen and oxygen atoms in total. The van der Waals surface area contributed by atoms with Gasteiger partial charge in [0.15, 0.2) is 0 Å². The van der Waals surface area contributed by atoms with Crippen LogP contribution in [0.25, 0.3) is 0 Å². The van der Waals surface area contributed by atoms with E-state index >= 15 is 0 Å². The number of rotatable bonds is 5. The van der Waals surface area contributed by atoms with E-state index in [4.69, 9.17) is 0 Å². The molecule has 0 bridgehead atoms. The van der Waals surface area contributed by atoms with Crippen molar-refractivity contribution in [3.63, 3.8) is 0 Å². The summed E-state index contributed by atoms with van der Waals surface area (Å²) in [5.41, 5.74) is 2.83. The van der Waals surface area contributed by atoms with Crippen molar-refractivity contribution in [3.05, 3.63) is 11.6 Å². The maximum atomic E-state index is 10.3. The molecule has 30 heavy (non-hydrogen) atoms. The Bertz CT molecular complexity index is 697. The molecule has 0 amide bonds. The van der Waals surface area contributed by atoms with Gasteiger partial charge in [0.2, 0.25) is 0 Å². The van der Waals surface area contributed by atoms with Crippen LogP contribution in [0.5, 0.6) is 0 Å². The first-order valence-corrected chi connectivity index (χ1v) is 12.8. The van der Waals surface area contributed by atoms with E-state index in [1.807, 2.05) is 0 Å². The van der Waals surface area contributed by atoms with Crippen molar-refractivity contribution in [2.24, 2.45) is 51.5 Å². The third kappa shape index (κ3) is 3.57. The van der Waals surface area contributed by atoms with Crippen molar-refractivity contribution in [1.29, 1.82) is 0 Å². The number of aliphatic hydroxyl groups excluding tert-OH is 1. The number of nitrogens with zero attached hydrogens (tertiary/aromatic N) is 1. The van der Waals surface area contributed by atoms with Crippen molar-refractivity contribution in [2.45, 2.75) is 105 Å². The Hall–Kier alpha value is -0.830. The Morgan fingerprint density at radius 1 is 1.03 bits per heavy atom. The quantitative estimate of drug-likeness (QED) is 0.382. The summed E-state index contributed by atoms with van der Waals surface area (Å²) in [6.07, 6.45) is 14.0. The summed E-state index contributed by atoms with van der Waals surface area (Å²) in [6.45, 7) is 12.2. The highest BCUT2D eigenvalue weighted by Crippen LogP contribution is 2.66. The van der Waals surface area contributed by atoms with E-state index in [-0.39, 0.29) is 11.5 Å². The van der Waals surface area contributed by atoms with Crippen LogP contribution in [0.2, 0.25) is 0 Å². The highest BCUT2D eigenvalue weighted by molar-refractivity contribution is 5.99. The number of hydrogen-bond donors (Lipinski definition) is 2. The van der Waals surface area contributed by atoms with Gasteiger partial charge >= 0.3 is 0 Å². The number of fused-ring (bicyclic) bond motifs is 5. The zero-order chi connectivity index (χ0) is 21.7. The highest BCUT2D eigenvalue weighted by Gasteiger charge is 2.60. The van der Waals surface area contributed by atoms with Gasteiger partial charge in [0.1, 0.15) is 0 Å². The molecule has 0 spiro atoms. The van der Waals surface area contributed by atoms with Crippen molar-refractivity contribution >= 4 is 5.71 Å². The molecule has 3 fully saturated rings. The molecule has 170 valence electrons. The fourth-order valence-electron chi connectivity index (χ4n) is 8.53. The molecule has 4 rings (SSSR count). The zero-order valence-corrected chi connectivity index (χ0v) is 20.0. The van der Waals surface area contributed by atoms with Crippen LogP contribution in [0.3, 0.4) is 0 Å². The van der Waals surface area contributed by atoms with E-state index in [2.05, 4.69) is 45.9 Å². The first-order chi connectivity index (χ1) is 14.2. The van der Waals surface area contributed by atoms with Crippen molar-refractivity contribution in [2.75, 3.05) is 0 Å². The van der Waals surface area contributed by atoms with Gasteiger partial charge in [-0.2, -0.15) is 0 Å². The van der Waals surface area contributed by atoms with E-state index in [0.717, 1.165) is 42.7 Å². The lowest BCUT2D eigenvalue weighted by Crippen LogP contribution is -2.53. The third-order valence-electron chi connectivity index (χ3n) is 10.3. The van der Waals surface area contributed by atoms with Crippen LogP contribution in [0.15, 0.2) is 16.8 Å². The van der Waals surface area contributed by atoms with E-state index in [0.29, 0.717) is 23.2 Å². The van der Waals surface area contributed by atoms with Crippen LogP contribution < -0.4 is 0 Å². The predicted molar refractivity (Wildman–Crippen MR) is 124 cm³/mol. The van der Waals surface area contributed by atoms with Crippen LogP contribution in [-0.2, 0) is 0 Å². The zero-order valence-electron chi connectivity index (χ0n) is 20.0. The standard InChI is InChI=1S/C27H45NO2/c1-17(2)7-6-8-18(3)21-9-10-22-25-23(12-14-27(21,22)5)26(4)13-11-20(29)15-19(26)16-24(25)28-30/h16-18,20-23,25,29-30H,6-15H2,1-5H3. The van der Waals surface area contributed by atoms with E-state index in [1.165, 1.54) is 50.5 Å². The predicted octanol–water partition coefficient (Wildman–Crippen LogP) is 6.83. The lowest BCUT2D eigenvalue weighted by atomic mass is 9.46. The molecular formula is C27H45NO2. The summed E-state index contributed by atoms with van der Waals surface area (Å²) in [5.74, 6) is 4.01. The molecule has 4 aliphatic rings. The Balaban J connectivity index is 1.58. The Morgan fingerprint density at radius 2 is 1.80 bits per heavy atom. The van der Waals surface area contributed by atoms with Crippen LogP contribution in [0.1, 0.15) is 98.8 Å². The summed E-state index contributed by atoms with van der Waals surface area (Å²) in [4.78, 5) is 0. The van der Waals surface area contributed by atoms with Gasteiger partial charge < -0.3 is 10.3 Å². The van der Waals surface area contributed by atoms with Crippen LogP contribution in [-0.4, -0.2) is 22.1 Å². The van der Waals surface area contributed by atoms with Crippen molar-refractivity contribution in [1.82, 2.24) is 0 Å². The fourth-order valence-corrected chi connectivity index (χ4v) is 8.53. The second-order valence-electron chi connectivity index (χ2n) is 12.3. The molecule has 0 aromatic heterocycles. The number of aliphatic hydroxyl groups is 1. The molecule has 0 aliphatic heterocycles. The van der Waals surface area contributed by atoms with Gasteiger partial charge in [0.25, 0.3) is 0 Å². The molecule has 0 radical (unpaired) electrons. The molecule has 3 heteroatoms. The van der Waals surface area contributed by atoms with Gasteiger partial charge in [-0.1, -0.05) is 64.6 Å². The average Bonchev–Trinajstić information content (AvgIpc) is 3.05. The largest absolute Gasteiger partial charge is 0.411 e. The normalized spacial score (nSPS) is 45.6. The maximum Gasteiger partial charge on any atom is 0.0832 e. The number of hydrogen-bond acceptors (Lipinski definition) is 3. The van der Waals surface area contributed by atoms with Gasteiger partial charge in [-0.05, 0) is 91.4 Å². The van der Waals surface area contributed by atoms with Gasteiger partial charge in [0, 0.05) is 5.92 Å². The molecule has 8 atom stereocenters. The Kier molecular flexibility index (Phi) is 6.16. The highest BCUT2D eigenvalue weighted by atomic mass is 16.4. The average molecular weight is 416 g/mol. The second-order valence-corrected chi connectivity index (χ2v) is 12.3. The van der Waals surface area contributed by atoms with E-state index in [1.54, 1.807) is 0 Å². The molecule has 8 unspecified atom stereocenters. The van der Waals surface area contributed by atoms with Crippen molar-refractivity contribution in [3.8, 4) is 0 Å². The summed E-state index contributed by atoms with van der Waals surface area (Å²) in [7, 11) is 0. The van der Waals surface area contributed by atoms with E-state index in [9.17, 15) is 10.3 Å². The molecule has 2 N–H and O–H groups in total. The molecule has 0 heterocycles. The van der Waals surface area contributed by atoms with Crippen LogP contribution in [0.4, 0.5) is 0 Å². The summed E-state index contributed by atoms with van der Waals surface area (Å²) in [6, 6.07) is 0. The lowest BCUT2D eigenvalue weighted by Gasteiger charge is -2.58. The monoisotopic (exact) mass is 415 g/mol. The number of oxime groups is 1. The van der Waals surface area contributed by atoms with E-state index < -0.39 is 0 Å². The molecular weight excluding hydrogens is 370 g/mol. The second kappa shape index (κ2) is 8.26. The third-order valence-corrected chi connectivity index (χ3v) is 10.3. The Morgan fingerprint density at radius 3 is 2.50 bits per heavy atom. The molecule has 0 saturated heterocycles. The topological polar surface area (TPSA) is 52.8 Å². The minimum absolute atomic E-state index is 0.181. The summed E-state index contributed by atoms with van der Waals surface area (Å²) >= 11 is 0. The van der Waals surface area contributed by atoms with Crippen molar-refractivity contribution < 1.29 is 10.3 Å². The van der Waals surface area contributed by atoms with Gasteiger partial charge in [0.05, 0.1) is 11.8 Å². The first kappa shape index (κ1) is 22.4. The molecule has 0 aromatic rings. The lowest BCUT2D eigenvalue weighted by molar-refractivity contribution is -0.0309. The minimum atomic E-state index is -0.225. The summed E-state index contributed by atoms with van der Waals surface area (Å²) < 4.78 is 0. The molecule has 4 aliphatic carbocycles. The maximum absolute atomic E-state index is 10.3. The molecule has 0 aromatic carbocycles. The SMILES string of the molecule is CC(C)CCCC(C)C1CCC2C3C(=NO)C=C4CC(O)CCC4(C)C3CCC12C. The fraction of sp³-hybridized carbons (Fsp3) is 0.889. The van der Waals surface area contributed by atoms with Crippen LogP contribution >= 0.6 is 0 Å². The Labute approximate surface area is 184 Å². The van der Waals surface area contributed by atoms with Crippen LogP contribution in [0, 0.1) is 46.3 Å². The van der Waals surface area contributed by atoms with Gasteiger partial charge in [-0.15, -0.1) is 0 Å². The minimum Gasteiger partial charge on any atom is -0.411 e. The molecule has 3 saturated carbocycles. The van der Waals surface area contributed by atoms with Gasteiger partial charge in [-0.25, -0.2) is 0 Å². The van der Waals surface area contributed by atoms with Gasteiger partial charge in [-0.3, -0.25) is 0 Å². The number of allylic oxidation sites excluding steroid dienone is 1. The smallest absolute Gasteiger partial charge is 0.0832 e. The first-order valence-electron chi connectivity index (χ1n) is 12.8.